The summed E-state index contributed by atoms with van der Waals surface area (Å²) in [5.74, 6) is 0.554. The van der Waals surface area contributed by atoms with Gasteiger partial charge in [0, 0.05) is 0 Å². The molecule has 1 aromatic carbocycles. The lowest BCUT2D eigenvalue weighted by molar-refractivity contribution is -0.143. The summed E-state index contributed by atoms with van der Waals surface area (Å²) < 4.78 is 11.1. The highest BCUT2D eigenvalue weighted by Gasteiger charge is 2.29. The SMILES string of the molecule is O=C(O)[C@@H](c1ccc2c(c1)OCCO2)N1CCCCCC1. The third-order valence-electron chi connectivity index (χ3n) is 4.12. The van der Waals surface area contributed by atoms with E-state index in [1.54, 1.807) is 0 Å². The number of rotatable bonds is 3. The van der Waals surface area contributed by atoms with Crippen LogP contribution in [0.2, 0.25) is 0 Å². The summed E-state index contributed by atoms with van der Waals surface area (Å²) in [6.45, 7) is 2.73. The van der Waals surface area contributed by atoms with Gasteiger partial charge in [-0.1, -0.05) is 18.9 Å². The number of nitrogens with zero attached hydrogens (tertiary/aromatic N) is 1. The highest BCUT2D eigenvalue weighted by atomic mass is 16.6. The molecule has 0 radical (unpaired) electrons. The Labute approximate surface area is 124 Å². The second kappa shape index (κ2) is 6.35. The van der Waals surface area contributed by atoms with E-state index in [2.05, 4.69) is 4.90 Å². The van der Waals surface area contributed by atoms with Gasteiger partial charge in [0.25, 0.3) is 0 Å². The van der Waals surface area contributed by atoms with E-state index < -0.39 is 12.0 Å². The number of hydrogen-bond donors (Lipinski definition) is 1. The molecular weight excluding hydrogens is 270 g/mol. The quantitative estimate of drug-likeness (QED) is 0.927. The minimum absolute atomic E-state index is 0.512. The van der Waals surface area contributed by atoms with Gasteiger partial charge < -0.3 is 14.6 Å². The number of carboxylic acid groups (broad SMARTS) is 1. The molecule has 1 aromatic rings. The lowest BCUT2D eigenvalue weighted by Crippen LogP contribution is -2.35. The van der Waals surface area contributed by atoms with Crippen molar-refractivity contribution in [1.82, 2.24) is 4.90 Å². The molecule has 21 heavy (non-hydrogen) atoms. The second-order valence-electron chi connectivity index (χ2n) is 5.59. The minimum atomic E-state index is -0.798. The van der Waals surface area contributed by atoms with E-state index in [0.29, 0.717) is 24.7 Å². The molecule has 5 heteroatoms. The fourth-order valence-electron chi connectivity index (χ4n) is 3.09. The average Bonchev–Trinajstić information content (AvgIpc) is 2.76. The Kier molecular flexibility index (Phi) is 4.29. The lowest BCUT2D eigenvalue weighted by atomic mass is 10.0. The number of hydrogen-bond acceptors (Lipinski definition) is 4. The predicted octanol–water partition coefficient (Wildman–Crippen LogP) is 2.46. The number of carbonyl (C=O) groups is 1. The molecule has 2 aliphatic heterocycles. The number of carboxylic acids is 1. The van der Waals surface area contributed by atoms with Crippen LogP contribution in [0.3, 0.4) is 0 Å². The van der Waals surface area contributed by atoms with Crippen LogP contribution in [0.4, 0.5) is 0 Å². The normalized spacial score (nSPS) is 20.6. The molecule has 0 bridgehead atoms. The number of aliphatic carboxylic acids is 1. The molecule has 0 unspecified atom stereocenters. The van der Waals surface area contributed by atoms with Crippen LogP contribution >= 0.6 is 0 Å². The van der Waals surface area contributed by atoms with Crippen LogP contribution < -0.4 is 9.47 Å². The Morgan fingerprint density at radius 2 is 1.71 bits per heavy atom. The fourth-order valence-corrected chi connectivity index (χ4v) is 3.09. The van der Waals surface area contributed by atoms with Crippen LogP contribution in [-0.2, 0) is 4.79 Å². The molecular formula is C16H21NO4. The highest BCUT2D eigenvalue weighted by molar-refractivity contribution is 5.76. The van der Waals surface area contributed by atoms with Gasteiger partial charge in [-0.3, -0.25) is 9.69 Å². The van der Waals surface area contributed by atoms with Crippen LogP contribution in [0, 0.1) is 0 Å². The van der Waals surface area contributed by atoms with Crippen LogP contribution in [0.5, 0.6) is 11.5 Å². The zero-order valence-electron chi connectivity index (χ0n) is 12.1. The first kappa shape index (κ1) is 14.2. The molecule has 2 heterocycles. The van der Waals surface area contributed by atoms with Gasteiger partial charge in [-0.15, -0.1) is 0 Å². The zero-order valence-corrected chi connectivity index (χ0v) is 12.1. The standard InChI is InChI=1S/C16H21NO4/c18-16(19)15(17-7-3-1-2-4-8-17)12-5-6-13-14(11-12)21-10-9-20-13/h5-6,11,15H,1-4,7-10H2,(H,18,19)/t15-/m1/s1. The van der Waals surface area contributed by atoms with Crippen molar-refractivity contribution in [3.63, 3.8) is 0 Å². The first-order chi connectivity index (χ1) is 10.3. The van der Waals surface area contributed by atoms with Gasteiger partial charge in [-0.25, -0.2) is 0 Å². The van der Waals surface area contributed by atoms with Crippen LogP contribution in [0.1, 0.15) is 37.3 Å². The fraction of sp³-hybridized carbons (Fsp3) is 0.562. The van der Waals surface area contributed by atoms with Crippen LogP contribution in [0.15, 0.2) is 18.2 Å². The van der Waals surface area contributed by atoms with E-state index in [4.69, 9.17) is 9.47 Å². The maximum atomic E-state index is 11.8. The Morgan fingerprint density at radius 1 is 1.05 bits per heavy atom. The molecule has 0 amide bonds. The van der Waals surface area contributed by atoms with Crippen molar-refractivity contribution in [2.45, 2.75) is 31.7 Å². The van der Waals surface area contributed by atoms with Crippen molar-refractivity contribution in [2.75, 3.05) is 26.3 Å². The van der Waals surface area contributed by atoms with Gasteiger partial charge in [0.15, 0.2) is 11.5 Å². The van der Waals surface area contributed by atoms with E-state index in [1.165, 1.54) is 12.8 Å². The van der Waals surface area contributed by atoms with Gasteiger partial charge >= 0.3 is 5.97 Å². The summed E-state index contributed by atoms with van der Waals surface area (Å²) in [5.41, 5.74) is 0.772. The van der Waals surface area contributed by atoms with E-state index in [1.807, 2.05) is 18.2 Å². The molecule has 1 saturated heterocycles. The van der Waals surface area contributed by atoms with E-state index in [0.717, 1.165) is 31.5 Å². The van der Waals surface area contributed by atoms with Crippen molar-refractivity contribution in [3.8, 4) is 11.5 Å². The molecule has 1 N–H and O–H groups in total. The Hall–Kier alpha value is -1.75. The van der Waals surface area contributed by atoms with Crippen molar-refractivity contribution in [1.29, 1.82) is 0 Å². The molecule has 1 atom stereocenters. The zero-order chi connectivity index (χ0) is 14.7. The molecule has 0 saturated carbocycles. The van der Waals surface area contributed by atoms with E-state index in [9.17, 15) is 9.90 Å². The molecule has 0 aromatic heterocycles. The summed E-state index contributed by atoms with van der Waals surface area (Å²) >= 11 is 0. The number of fused-ring (bicyclic) bond motifs is 1. The molecule has 2 aliphatic rings. The maximum absolute atomic E-state index is 11.8. The molecule has 5 nitrogen and oxygen atoms in total. The summed E-state index contributed by atoms with van der Waals surface area (Å²) in [5, 5.41) is 9.66. The summed E-state index contributed by atoms with van der Waals surface area (Å²) in [4.78, 5) is 13.8. The first-order valence-corrected chi connectivity index (χ1v) is 7.62. The Morgan fingerprint density at radius 3 is 2.38 bits per heavy atom. The third-order valence-corrected chi connectivity index (χ3v) is 4.12. The van der Waals surface area contributed by atoms with E-state index >= 15 is 0 Å². The third kappa shape index (κ3) is 3.13. The van der Waals surface area contributed by atoms with Crippen molar-refractivity contribution in [2.24, 2.45) is 0 Å². The summed E-state index contributed by atoms with van der Waals surface area (Å²) in [6.07, 6.45) is 4.50. The Balaban J connectivity index is 1.87. The molecule has 3 rings (SSSR count). The second-order valence-corrected chi connectivity index (χ2v) is 5.59. The summed E-state index contributed by atoms with van der Waals surface area (Å²) in [6, 6.07) is 4.88. The topological polar surface area (TPSA) is 59.0 Å². The smallest absolute Gasteiger partial charge is 0.325 e. The van der Waals surface area contributed by atoms with Gasteiger partial charge in [0.05, 0.1) is 0 Å². The number of likely N-dealkylation sites (tertiary alicyclic amines) is 1. The molecule has 0 spiro atoms. The lowest BCUT2D eigenvalue weighted by Gasteiger charge is -2.28. The van der Waals surface area contributed by atoms with Crippen LogP contribution in [-0.4, -0.2) is 42.3 Å². The monoisotopic (exact) mass is 291 g/mol. The largest absolute Gasteiger partial charge is 0.486 e. The van der Waals surface area contributed by atoms with Crippen LogP contribution in [0.25, 0.3) is 0 Å². The van der Waals surface area contributed by atoms with Gasteiger partial charge in [0.2, 0.25) is 0 Å². The molecule has 0 aliphatic carbocycles. The van der Waals surface area contributed by atoms with Gasteiger partial charge in [-0.2, -0.15) is 0 Å². The molecule has 114 valence electrons. The average molecular weight is 291 g/mol. The molecule has 1 fully saturated rings. The Bertz CT molecular complexity index is 509. The van der Waals surface area contributed by atoms with Crippen molar-refractivity contribution in [3.05, 3.63) is 23.8 Å². The summed E-state index contributed by atoms with van der Waals surface area (Å²) in [7, 11) is 0. The van der Waals surface area contributed by atoms with Crippen molar-refractivity contribution >= 4 is 5.97 Å². The predicted molar refractivity (Wildman–Crippen MR) is 77.8 cm³/mol. The number of ether oxygens (including phenoxy) is 2. The van der Waals surface area contributed by atoms with Gasteiger partial charge in [-0.05, 0) is 43.6 Å². The number of benzene rings is 1. The van der Waals surface area contributed by atoms with Crippen molar-refractivity contribution < 1.29 is 19.4 Å². The highest BCUT2D eigenvalue weighted by Crippen LogP contribution is 2.34. The minimum Gasteiger partial charge on any atom is -0.486 e. The van der Waals surface area contributed by atoms with E-state index in [-0.39, 0.29) is 0 Å². The maximum Gasteiger partial charge on any atom is 0.325 e. The van der Waals surface area contributed by atoms with Gasteiger partial charge in [0.1, 0.15) is 19.3 Å². The first-order valence-electron chi connectivity index (χ1n) is 7.62.